The highest BCUT2D eigenvalue weighted by atomic mass is 16.2. The lowest BCUT2D eigenvalue weighted by Crippen LogP contribution is -2.66. The van der Waals surface area contributed by atoms with Crippen molar-refractivity contribution in [1.82, 2.24) is 14.8 Å². The normalized spacial score (nSPS) is 23.2. The summed E-state index contributed by atoms with van der Waals surface area (Å²) in [6.07, 6.45) is 2.66. The Balaban J connectivity index is 1.58. The highest BCUT2D eigenvalue weighted by Gasteiger charge is 2.50. The summed E-state index contributed by atoms with van der Waals surface area (Å²) in [6, 6.07) is 15.7. The topological polar surface area (TPSA) is 56.8 Å². The predicted octanol–water partition coefficient (Wildman–Crippen LogP) is 1.92. The number of carbonyl (C=O) groups is 2. The Kier molecular flexibility index (Phi) is 4.66. The zero-order valence-electron chi connectivity index (χ0n) is 15.5. The van der Waals surface area contributed by atoms with E-state index in [1.54, 1.807) is 18.0 Å². The molecule has 6 nitrogen and oxygen atoms in total. The first kappa shape index (κ1) is 17.7. The van der Waals surface area contributed by atoms with Crippen LogP contribution in [0, 0.1) is 0 Å². The number of amides is 2. The molecule has 4 rings (SSSR count). The molecule has 1 spiro atoms. The van der Waals surface area contributed by atoms with Gasteiger partial charge in [0.05, 0.1) is 17.8 Å². The fourth-order valence-corrected chi connectivity index (χ4v) is 4.29. The smallest absolute Gasteiger partial charge is 0.246 e. The summed E-state index contributed by atoms with van der Waals surface area (Å²) in [5, 5.41) is 0. The lowest BCUT2D eigenvalue weighted by molar-refractivity contribution is -0.142. The lowest BCUT2D eigenvalue weighted by Gasteiger charge is -2.48. The molecule has 2 fully saturated rings. The number of aromatic nitrogens is 1. The van der Waals surface area contributed by atoms with Gasteiger partial charge in [-0.15, -0.1) is 0 Å². The SMILES string of the molecule is CC(=O)N1CC(=O)N(c2ccccc2)C[C@]12CCN(Cc1ccccn1)C2. The molecule has 0 N–H and O–H groups in total. The first-order valence-electron chi connectivity index (χ1n) is 9.33. The molecule has 2 amide bonds. The Morgan fingerprint density at radius 1 is 1.11 bits per heavy atom. The quantitative estimate of drug-likeness (QED) is 0.835. The maximum absolute atomic E-state index is 12.7. The van der Waals surface area contributed by atoms with Crippen molar-refractivity contribution < 1.29 is 9.59 Å². The van der Waals surface area contributed by atoms with Gasteiger partial charge in [0.25, 0.3) is 0 Å². The van der Waals surface area contributed by atoms with Gasteiger partial charge < -0.3 is 9.80 Å². The number of rotatable bonds is 3. The van der Waals surface area contributed by atoms with Crippen LogP contribution in [0.15, 0.2) is 54.7 Å². The summed E-state index contributed by atoms with van der Waals surface area (Å²) in [7, 11) is 0. The second-order valence-corrected chi connectivity index (χ2v) is 7.43. The second-order valence-electron chi connectivity index (χ2n) is 7.43. The molecular weight excluding hydrogens is 340 g/mol. The molecule has 1 aromatic heterocycles. The van der Waals surface area contributed by atoms with Crippen LogP contribution >= 0.6 is 0 Å². The Hall–Kier alpha value is -2.73. The van der Waals surface area contributed by atoms with Crippen LogP contribution in [0.5, 0.6) is 0 Å². The molecule has 1 atom stereocenters. The fraction of sp³-hybridized carbons (Fsp3) is 0.381. The molecule has 0 bridgehead atoms. The van der Waals surface area contributed by atoms with Gasteiger partial charge in [0.1, 0.15) is 6.54 Å². The molecule has 0 radical (unpaired) electrons. The summed E-state index contributed by atoms with van der Waals surface area (Å²) < 4.78 is 0. The standard InChI is InChI=1S/C21H24N4O2/c1-17(26)25-14-20(27)24(19-8-3-2-4-9-19)16-21(25)10-12-23(15-21)13-18-7-5-6-11-22-18/h2-9,11H,10,12-16H2,1H3/t21-/m1/s1. The van der Waals surface area contributed by atoms with Crippen molar-refractivity contribution in [2.24, 2.45) is 0 Å². The highest BCUT2D eigenvalue weighted by Crippen LogP contribution is 2.35. The molecule has 140 valence electrons. The average molecular weight is 364 g/mol. The fourth-order valence-electron chi connectivity index (χ4n) is 4.29. The molecule has 27 heavy (non-hydrogen) atoms. The highest BCUT2D eigenvalue weighted by molar-refractivity contribution is 5.98. The number of piperazine rings is 1. The molecule has 3 heterocycles. The van der Waals surface area contributed by atoms with Crippen molar-refractivity contribution in [2.75, 3.05) is 31.1 Å². The number of hydrogen-bond donors (Lipinski definition) is 0. The van der Waals surface area contributed by atoms with Crippen LogP contribution in [0.3, 0.4) is 0 Å². The second kappa shape index (κ2) is 7.12. The molecule has 2 saturated heterocycles. The third-order valence-corrected chi connectivity index (χ3v) is 5.59. The van der Waals surface area contributed by atoms with Crippen molar-refractivity contribution in [1.29, 1.82) is 0 Å². The molecule has 0 unspecified atom stereocenters. The van der Waals surface area contributed by atoms with Crippen molar-refractivity contribution in [3.05, 3.63) is 60.4 Å². The maximum Gasteiger partial charge on any atom is 0.246 e. The van der Waals surface area contributed by atoms with E-state index in [4.69, 9.17) is 0 Å². The van der Waals surface area contributed by atoms with Crippen LogP contribution in [0.25, 0.3) is 0 Å². The van der Waals surface area contributed by atoms with Crippen LogP contribution in [0.2, 0.25) is 0 Å². The monoisotopic (exact) mass is 364 g/mol. The number of anilines is 1. The van der Waals surface area contributed by atoms with Crippen LogP contribution in [-0.4, -0.2) is 58.3 Å². The zero-order chi connectivity index (χ0) is 18.9. The number of carbonyl (C=O) groups excluding carboxylic acids is 2. The molecule has 2 aliphatic rings. The van der Waals surface area contributed by atoms with Gasteiger partial charge in [-0.3, -0.25) is 19.5 Å². The van der Waals surface area contributed by atoms with E-state index in [9.17, 15) is 9.59 Å². The van der Waals surface area contributed by atoms with E-state index in [-0.39, 0.29) is 23.9 Å². The third kappa shape index (κ3) is 3.45. The van der Waals surface area contributed by atoms with E-state index in [0.29, 0.717) is 6.54 Å². The molecular formula is C21H24N4O2. The minimum atomic E-state index is -0.343. The number of hydrogen-bond acceptors (Lipinski definition) is 4. The molecule has 0 saturated carbocycles. The van der Waals surface area contributed by atoms with Crippen LogP contribution in [-0.2, 0) is 16.1 Å². The minimum absolute atomic E-state index is 0.0230. The number of benzene rings is 1. The van der Waals surface area contributed by atoms with Crippen molar-refractivity contribution in [2.45, 2.75) is 25.4 Å². The van der Waals surface area contributed by atoms with Crippen LogP contribution in [0.1, 0.15) is 19.0 Å². The van der Waals surface area contributed by atoms with E-state index >= 15 is 0 Å². The van der Waals surface area contributed by atoms with Gasteiger partial charge in [-0.1, -0.05) is 24.3 Å². The number of para-hydroxylation sites is 1. The largest absolute Gasteiger partial charge is 0.325 e. The van der Waals surface area contributed by atoms with Gasteiger partial charge in [0.2, 0.25) is 11.8 Å². The molecule has 6 heteroatoms. The summed E-state index contributed by atoms with van der Waals surface area (Å²) in [5.41, 5.74) is 1.58. The molecule has 0 aliphatic carbocycles. The first-order valence-corrected chi connectivity index (χ1v) is 9.33. The van der Waals surface area contributed by atoms with Gasteiger partial charge in [-0.2, -0.15) is 0 Å². The van der Waals surface area contributed by atoms with Crippen molar-refractivity contribution >= 4 is 17.5 Å². The number of likely N-dealkylation sites (tertiary alicyclic amines) is 1. The Morgan fingerprint density at radius 2 is 1.89 bits per heavy atom. The first-order chi connectivity index (χ1) is 13.1. The van der Waals surface area contributed by atoms with Gasteiger partial charge in [-0.05, 0) is 30.7 Å². The Labute approximate surface area is 159 Å². The molecule has 2 aromatic rings. The third-order valence-electron chi connectivity index (χ3n) is 5.59. The summed E-state index contributed by atoms with van der Waals surface area (Å²) in [4.78, 5) is 35.4. The Morgan fingerprint density at radius 3 is 2.59 bits per heavy atom. The van der Waals surface area contributed by atoms with Crippen LogP contribution < -0.4 is 4.90 Å². The van der Waals surface area contributed by atoms with Gasteiger partial charge in [-0.25, -0.2) is 0 Å². The van der Waals surface area contributed by atoms with Crippen LogP contribution in [0.4, 0.5) is 5.69 Å². The maximum atomic E-state index is 12.7. The summed E-state index contributed by atoms with van der Waals surface area (Å²) in [5.74, 6) is -0.0547. The van der Waals surface area contributed by atoms with Crippen molar-refractivity contribution in [3.63, 3.8) is 0 Å². The zero-order valence-corrected chi connectivity index (χ0v) is 15.5. The summed E-state index contributed by atoms with van der Waals surface area (Å²) in [6.45, 7) is 4.63. The van der Waals surface area contributed by atoms with Gasteiger partial charge >= 0.3 is 0 Å². The predicted molar refractivity (Wildman–Crippen MR) is 103 cm³/mol. The van der Waals surface area contributed by atoms with Gasteiger partial charge in [0.15, 0.2) is 0 Å². The minimum Gasteiger partial charge on any atom is -0.325 e. The van der Waals surface area contributed by atoms with E-state index in [1.165, 1.54) is 0 Å². The number of pyridine rings is 1. The van der Waals surface area contributed by atoms with E-state index < -0.39 is 0 Å². The van der Waals surface area contributed by atoms with E-state index in [2.05, 4.69) is 9.88 Å². The lowest BCUT2D eigenvalue weighted by atomic mass is 9.91. The summed E-state index contributed by atoms with van der Waals surface area (Å²) >= 11 is 0. The van der Waals surface area contributed by atoms with E-state index in [0.717, 1.165) is 37.4 Å². The van der Waals surface area contributed by atoms with Gasteiger partial charge in [0, 0.05) is 38.4 Å². The molecule has 1 aromatic carbocycles. The van der Waals surface area contributed by atoms with E-state index in [1.807, 2.05) is 53.4 Å². The Bertz CT molecular complexity index is 827. The van der Waals surface area contributed by atoms with Crippen molar-refractivity contribution in [3.8, 4) is 0 Å². The number of nitrogens with zero attached hydrogens (tertiary/aromatic N) is 4. The average Bonchev–Trinajstić information content (AvgIpc) is 3.07. The molecule has 2 aliphatic heterocycles.